The van der Waals surface area contributed by atoms with E-state index in [1.54, 1.807) is 6.07 Å². The largest absolute Gasteiger partial charge is 0.236 e. The van der Waals surface area contributed by atoms with Gasteiger partial charge in [0.05, 0.1) is 12.1 Å². The molecule has 0 unspecified atom stereocenters. The summed E-state index contributed by atoms with van der Waals surface area (Å²) >= 11 is 0. The number of rotatable bonds is 1. The zero-order valence-electron chi connectivity index (χ0n) is 7.44. The second kappa shape index (κ2) is 3.64. The Kier molecular flexibility index (Phi) is 2.56. The zero-order chi connectivity index (χ0) is 9.84. The van der Waals surface area contributed by atoms with Crippen molar-refractivity contribution in [1.29, 1.82) is 10.5 Å². The SMILES string of the molecule is Cc1cc(C)nc(C(C#N)C#N)n1. The molecule has 0 spiro atoms. The van der Waals surface area contributed by atoms with E-state index < -0.39 is 5.92 Å². The van der Waals surface area contributed by atoms with Crippen molar-refractivity contribution in [2.75, 3.05) is 0 Å². The molecule has 0 fully saturated rings. The molecular weight excluding hydrogens is 164 g/mol. The molecule has 0 aliphatic heterocycles. The molecular formula is C9H8N4. The molecule has 0 saturated heterocycles. The lowest BCUT2D eigenvalue weighted by Crippen LogP contribution is -2.02. The van der Waals surface area contributed by atoms with Crippen molar-refractivity contribution in [2.45, 2.75) is 19.8 Å². The smallest absolute Gasteiger partial charge is 0.192 e. The molecule has 0 aliphatic carbocycles. The molecule has 4 nitrogen and oxygen atoms in total. The Hall–Kier alpha value is -1.94. The highest BCUT2D eigenvalue weighted by atomic mass is 14.9. The molecule has 4 heteroatoms. The highest BCUT2D eigenvalue weighted by molar-refractivity contribution is 5.21. The normalized spacial score (nSPS) is 9.31. The Morgan fingerprint density at radius 3 is 2.00 bits per heavy atom. The summed E-state index contributed by atoms with van der Waals surface area (Å²) in [5, 5.41) is 17.2. The van der Waals surface area contributed by atoms with E-state index >= 15 is 0 Å². The van der Waals surface area contributed by atoms with Crippen LogP contribution in [0.4, 0.5) is 0 Å². The predicted molar refractivity (Wildman–Crippen MR) is 45.5 cm³/mol. The van der Waals surface area contributed by atoms with Crippen LogP contribution in [0.25, 0.3) is 0 Å². The molecule has 1 heterocycles. The maximum atomic E-state index is 8.61. The number of hydrogen-bond acceptors (Lipinski definition) is 4. The van der Waals surface area contributed by atoms with Crippen LogP contribution < -0.4 is 0 Å². The standard InChI is InChI=1S/C9H8N4/c1-6-3-7(2)13-9(12-6)8(4-10)5-11/h3,8H,1-2H3. The third-order valence-electron chi connectivity index (χ3n) is 1.52. The molecule has 0 radical (unpaired) electrons. The van der Waals surface area contributed by atoms with Crippen molar-refractivity contribution in [3.63, 3.8) is 0 Å². The summed E-state index contributed by atoms with van der Waals surface area (Å²) in [5.41, 5.74) is 1.55. The van der Waals surface area contributed by atoms with Crippen LogP contribution in [0.15, 0.2) is 6.07 Å². The average molecular weight is 172 g/mol. The third-order valence-corrected chi connectivity index (χ3v) is 1.52. The molecule has 1 rings (SSSR count). The van der Waals surface area contributed by atoms with Crippen LogP contribution in [0.1, 0.15) is 23.1 Å². The molecule has 0 amide bonds. The van der Waals surface area contributed by atoms with Gasteiger partial charge in [-0.25, -0.2) is 9.97 Å². The summed E-state index contributed by atoms with van der Waals surface area (Å²) in [6, 6.07) is 5.47. The van der Waals surface area contributed by atoms with Crippen molar-refractivity contribution in [3.8, 4) is 12.1 Å². The van der Waals surface area contributed by atoms with Gasteiger partial charge in [0.25, 0.3) is 0 Å². The molecule has 1 aromatic heterocycles. The first-order chi connectivity index (χ1) is 6.17. The minimum absolute atomic E-state index is 0.294. The minimum atomic E-state index is -0.862. The van der Waals surface area contributed by atoms with Crippen molar-refractivity contribution in [3.05, 3.63) is 23.3 Å². The fraction of sp³-hybridized carbons (Fsp3) is 0.333. The number of nitriles is 2. The van der Waals surface area contributed by atoms with Gasteiger partial charge in [-0.15, -0.1) is 0 Å². The Morgan fingerprint density at radius 2 is 1.62 bits per heavy atom. The average Bonchev–Trinajstić information content (AvgIpc) is 2.04. The quantitative estimate of drug-likeness (QED) is 0.638. The Balaban J connectivity index is 3.17. The van der Waals surface area contributed by atoms with E-state index in [1.165, 1.54) is 0 Å². The third kappa shape index (κ3) is 2.00. The molecule has 0 N–H and O–H groups in total. The maximum Gasteiger partial charge on any atom is 0.192 e. The first-order valence-corrected chi connectivity index (χ1v) is 3.79. The van der Waals surface area contributed by atoms with E-state index in [1.807, 2.05) is 26.0 Å². The van der Waals surface area contributed by atoms with E-state index in [-0.39, 0.29) is 0 Å². The Bertz CT molecular complexity index is 363. The molecule has 0 atom stereocenters. The van der Waals surface area contributed by atoms with Crippen molar-refractivity contribution >= 4 is 0 Å². The van der Waals surface area contributed by atoms with Crippen LogP contribution in [0, 0.1) is 36.5 Å². The Morgan fingerprint density at radius 1 is 1.15 bits per heavy atom. The van der Waals surface area contributed by atoms with Gasteiger partial charge in [0.1, 0.15) is 0 Å². The van der Waals surface area contributed by atoms with E-state index in [0.717, 1.165) is 11.4 Å². The molecule has 0 bridgehead atoms. The first kappa shape index (κ1) is 9.15. The van der Waals surface area contributed by atoms with Gasteiger partial charge in [0.15, 0.2) is 11.7 Å². The highest BCUT2D eigenvalue weighted by Crippen LogP contribution is 2.09. The van der Waals surface area contributed by atoms with Gasteiger partial charge < -0.3 is 0 Å². The zero-order valence-corrected chi connectivity index (χ0v) is 7.44. The van der Waals surface area contributed by atoms with Gasteiger partial charge in [-0.3, -0.25) is 0 Å². The van der Waals surface area contributed by atoms with Gasteiger partial charge in [0, 0.05) is 11.4 Å². The van der Waals surface area contributed by atoms with Gasteiger partial charge in [-0.05, 0) is 19.9 Å². The number of aromatic nitrogens is 2. The summed E-state index contributed by atoms with van der Waals surface area (Å²) < 4.78 is 0. The lowest BCUT2D eigenvalue weighted by Gasteiger charge is -2.01. The van der Waals surface area contributed by atoms with Gasteiger partial charge >= 0.3 is 0 Å². The Labute approximate surface area is 76.5 Å². The second-order valence-corrected chi connectivity index (χ2v) is 2.70. The second-order valence-electron chi connectivity index (χ2n) is 2.70. The maximum absolute atomic E-state index is 8.61. The van der Waals surface area contributed by atoms with Gasteiger partial charge in [-0.2, -0.15) is 10.5 Å². The fourth-order valence-corrected chi connectivity index (χ4v) is 1.03. The number of aryl methyl sites for hydroxylation is 2. The van der Waals surface area contributed by atoms with Crippen LogP contribution >= 0.6 is 0 Å². The van der Waals surface area contributed by atoms with E-state index in [2.05, 4.69) is 9.97 Å². The van der Waals surface area contributed by atoms with Crippen molar-refractivity contribution in [2.24, 2.45) is 0 Å². The summed E-state index contributed by atoms with van der Waals surface area (Å²) in [6.45, 7) is 3.62. The van der Waals surface area contributed by atoms with Crippen LogP contribution in [-0.2, 0) is 0 Å². The monoisotopic (exact) mass is 172 g/mol. The molecule has 64 valence electrons. The van der Waals surface area contributed by atoms with Gasteiger partial charge in [0.2, 0.25) is 0 Å². The van der Waals surface area contributed by atoms with Crippen LogP contribution in [0.3, 0.4) is 0 Å². The van der Waals surface area contributed by atoms with E-state index in [9.17, 15) is 0 Å². The predicted octanol–water partition coefficient (Wildman–Crippen LogP) is 1.22. The van der Waals surface area contributed by atoms with Gasteiger partial charge in [-0.1, -0.05) is 0 Å². The number of nitrogens with zero attached hydrogens (tertiary/aromatic N) is 4. The van der Waals surface area contributed by atoms with Crippen LogP contribution in [0.2, 0.25) is 0 Å². The lowest BCUT2D eigenvalue weighted by atomic mass is 10.2. The molecule has 0 aliphatic rings. The minimum Gasteiger partial charge on any atom is -0.236 e. The molecule has 0 saturated carbocycles. The van der Waals surface area contributed by atoms with Crippen molar-refractivity contribution < 1.29 is 0 Å². The fourth-order valence-electron chi connectivity index (χ4n) is 1.03. The van der Waals surface area contributed by atoms with E-state index in [0.29, 0.717) is 5.82 Å². The van der Waals surface area contributed by atoms with Crippen molar-refractivity contribution in [1.82, 2.24) is 9.97 Å². The lowest BCUT2D eigenvalue weighted by molar-refractivity contribution is 0.885. The summed E-state index contributed by atoms with van der Waals surface area (Å²) in [5.74, 6) is -0.568. The summed E-state index contributed by atoms with van der Waals surface area (Å²) in [4.78, 5) is 8.04. The first-order valence-electron chi connectivity index (χ1n) is 3.79. The molecule has 0 aromatic carbocycles. The summed E-state index contributed by atoms with van der Waals surface area (Å²) in [7, 11) is 0. The van der Waals surface area contributed by atoms with Crippen LogP contribution in [-0.4, -0.2) is 9.97 Å². The topological polar surface area (TPSA) is 73.4 Å². The summed E-state index contributed by atoms with van der Waals surface area (Å²) in [6.07, 6.45) is 0. The number of hydrogen-bond donors (Lipinski definition) is 0. The van der Waals surface area contributed by atoms with E-state index in [4.69, 9.17) is 10.5 Å². The molecule has 13 heavy (non-hydrogen) atoms. The molecule has 1 aromatic rings. The highest BCUT2D eigenvalue weighted by Gasteiger charge is 2.12. The van der Waals surface area contributed by atoms with Crippen LogP contribution in [0.5, 0.6) is 0 Å².